The predicted molar refractivity (Wildman–Crippen MR) is 121 cm³/mol. The molecule has 0 radical (unpaired) electrons. The maximum absolute atomic E-state index is 13.3. The molecule has 1 unspecified atom stereocenters. The van der Waals surface area contributed by atoms with Crippen LogP contribution >= 0.6 is 0 Å². The molecule has 1 aliphatic heterocycles. The van der Waals surface area contributed by atoms with E-state index < -0.39 is 0 Å². The van der Waals surface area contributed by atoms with E-state index in [1.165, 1.54) is 17.7 Å². The highest BCUT2D eigenvalue weighted by Gasteiger charge is 2.31. The minimum absolute atomic E-state index is 0.124. The summed E-state index contributed by atoms with van der Waals surface area (Å²) in [5.41, 5.74) is 2.19. The number of benzene rings is 2. The number of nitrogens with zero attached hydrogens (tertiary/aromatic N) is 6. The van der Waals surface area contributed by atoms with Gasteiger partial charge >= 0.3 is 0 Å². The maximum Gasteiger partial charge on any atom is 0.169 e. The van der Waals surface area contributed by atoms with Crippen LogP contribution in [0.25, 0.3) is 0 Å². The van der Waals surface area contributed by atoms with Gasteiger partial charge in [0.2, 0.25) is 0 Å². The van der Waals surface area contributed by atoms with Crippen LogP contribution in [0.5, 0.6) is 5.75 Å². The second-order valence-corrected chi connectivity index (χ2v) is 8.63. The van der Waals surface area contributed by atoms with Gasteiger partial charge in [-0.2, -0.15) is 0 Å². The Hall–Kier alpha value is -2.84. The Labute approximate surface area is 188 Å². The molecule has 4 rings (SSSR count). The molecule has 1 atom stereocenters. The van der Waals surface area contributed by atoms with Crippen molar-refractivity contribution in [3.63, 3.8) is 0 Å². The predicted octanol–water partition coefficient (Wildman–Crippen LogP) is 3.38. The highest BCUT2D eigenvalue weighted by Crippen LogP contribution is 2.29. The summed E-state index contributed by atoms with van der Waals surface area (Å²) in [6.07, 6.45) is 0. The fourth-order valence-corrected chi connectivity index (χ4v) is 4.46. The number of piperazine rings is 1. The number of halogens is 1. The van der Waals surface area contributed by atoms with E-state index in [2.05, 4.69) is 51.3 Å². The molecule has 0 bridgehead atoms. The van der Waals surface area contributed by atoms with E-state index in [0.29, 0.717) is 12.5 Å². The quantitative estimate of drug-likeness (QED) is 0.537. The summed E-state index contributed by atoms with van der Waals surface area (Å²) >= 11 is 0. The molecule has 1 fully saturated rings. The van der Waals surface area contributed by atoms with Gasteiger partial charge in [-0.05, 0) is 40.1 Å². The first-order valence-corrected chi connectivity index (χ1v) is 11.1. The number of hydrogen-bond acceptors (Lipinski definition) is 6. The minimum Gasteiger partial charge on any atom is -0.496 e. The standard InChI is InChI=1S/C24H31FN6O/c1-18(2)23(24-26-27-28-31(24)16-19-8-10-21(25)11-9-19)30-14-12-29(13-15-30)17-20-6-4-5-7-22(20)32-3/h4-11,18,23H,12-17H2,1-3H3. The highest BCUT2D eigenvalue weighted by atomic mass is 19.1. The van der Waals surface area contributed by atoms with E-state index in [9.17, 15) is 4.39 Å². The number of rotatable bonds is 8. The molecule has 0 N–H and O–H groups in total. The Morgan fingerprint density at radius 1 is 0.969 bits per heavy atom. The summed E-state index contributed by atoms with van der Waals surface area (Å²) in [4.78, 5) is 4.95. The Morgan fingerprint density at radius 2 is 1.69 bits per heavy atom. The van der Waals surface area contributed by atoms with Crippen molar-refractivity contribution in [3.8, 4) is 5.75 Å². The maximum atomic E-state index is 13.3. The normalized spacial score (nSPS) is 16.4. The molecule has 7 nitrogen and oxygen atoms in total. The average Bonchev–Trinajstić information content (AvgIpc) is 3.24. The van der Waals surface area contributed by atoms with Crippen LogP contribution in [0, 0.1) is 11.7 Å². The van der Waals surface area contributed by atoms with Crippen LogP contribution in [0.2, 0.25) is 0 Å². The largest absolute Gasteiger partial charge is 0.496 e. The van der Waals surface area contributed by atoms with E-state index in [1.54, 1.807) is 19.2 Å². The smallest absolute Gasteiger partial charge is 0.169 e. The monoisotopic (exact) mass is 438 g/mol. The van der Waals surface area contributed by atoms with E-state index >= 15 is 0 Å². The summed E-state index contributed by atoms with van der Waals surface area (Å²) in [5, 5.41) is 12.6. The van der Waals surface area contributed by atoms with Gasteiger partial charge in [-0.1, -0.05) is 44.2 Å². The van der Waals surface area contributed by atoms with Crippen molar-refractivity contribution in [1.29, 1.82) is 0 Å². The zero-order chi connectivity index (χ0) is 22.5. The van der Waals surface area contributed by atoms with Crippen LogP contribution in [0.4, 0.5) is 4.39 Å². The fraction of sp³-hybridized carbons (Fsp3) is 0.458. The van der Waals surface area contributed by atoms with Gasteiger partial charge in [-0.25, -0.2) is 9.07 Å². The molecular weight excluding hydrogens is 407 g/mol. The summed E-state index contributed by atoms with van der Waals surface area (Å²) in [6, 6.07) is 14.8. The Kier molecular flexibility index (Phi) is 7.12. The Morgan fingerprint density at radius 3 is 2.38 bits per heavy atom. The summed E-state index contributed by atoms with van der Waals surface area (Å²) in [5.74, 6) is 1.92. The summed E-state index contributed by atoms with van der Waals surface area (Å²) in [7, 11) is 1.72. The van der Waals surface area contributed by atoms with E-state index in [4.69, 9.17) is 4.74 Å². The lowest BCUT2D eigenvalue weighted by molar-refractivity contribution is 0.0661. The number of hydrogen-bond donors (Lipinski definition) is 0. The topological polar surface area (TPSA) is 59.3 Å². The summed E-state index contributed by atoms with van der Waals surface area (Å²) in [6.45, 7) is 9.67. The third kappa shape index (κ3) is 5.14. The molecule has 32 heavy (non-hydrogen) atoms. The van der Waals surface area contributed by atoms with E-state index in [1.807, 2.05) is 16.8 Å². The SMILES string of the molecule is COc1ccccc1CN1CCN(C(c2nnnn2Cc2ccc(F)cc2)C(C)C)CC1. The zero-order valence-corrected chi connectivity index (χ0v) is 19.0. The van der Waals surface area contributed by atoms with E-state index in [0.717, 1.165) is 49.9 Å². The Bertz CT molecular complexity index is 998. The molecule has 1 aromatic heterocycles. The molecule has 2 aromatic carbocycles. The molecule has 1 saturated heterocycles. The van der Waals surface area contributed by atoms with Crippen molar-refractivity contribution < 1.29 is 9.13 Å². The highest BCUT2D eigenvalue weighted by molar-refractivity contribution is 5.33. The van der Waals surface area contributed by atoms with Gasteiger partial charge in [0.15, 0.2) is 5.82 Å². The number of tetrazole rings is 1. The molecule has 8 heteroatoms. The Balaban J connectivity index is 1.43. The number of aromatic nitrogens is 4. The van der Waals surface area contributed by atoms with Crippen molar-refractivity contribution in [2.24, 2.45) is 5.92 Å². The van der Waals surface area contributed by atoms with Gasteiger partial charge in [0.1, 0.15) is 11.6 Å². The summed E-state index contributed by atoms with van der Waals surface area (Å²) < 4.78 is 20.6. The molecule has 170 valence electrons. The lowest BCUT2D eigenvalue weighted by atomic mass is 10.0. The number of ether oxygens (including phenoxy) is 1. The zero-order valence-electron chi connectivity index (χ0n) is 19.0. The van der Waals surface area contributed by atoms with Crippen LogP contribution in [-0.2, 0) is 13.1 Å². The van der Waals surface area contributed by atoms with Crippen molar-refractivity contribution in [2.75, 3.05) is 33.3 Å². The third-order valence-corrected chi connectivity index (χ3v) is 6.09. The molecule has 0 aliphatic carbocycles. The first-order valence-electron chi connectivity index (χ1n) is 11.1. The lowest BCUT2D eigenvalue weighted by Crippen LogP contribution is -2.48. The molecule has 1 aliphatic rings. The van der Waals surface area contributed by atoms with Gasteiger partial charge in [0, 0.05) is 38.3 Å². The van der Waals surface area contributed by atoms with Crippen LogP contribution in [-0.4, -0.2) is 63.3 Å². The second-order valence-electron chi connectivity index (χ2n) is 8.63. The van der Waals surface area contributed by atoms with Crippen LogP contribution < -0.4 is 4.74 Å². The minimum atomic E-state index is -0.239. The van der Waals surface area contributed by atoms with Gasteiger partial charge < -0.3 is 4.74 Å². The average molecular weight is 439 g/mol. The molecular formula is C24H31FN6O. The lowest BCUT2D eigenvalue weighted by Gasteiger charge is -2.40. The molecule has 2 heterocycles. The molecule has 3 aromatic rings. The first kappa shape index (κ1) is 22.4. The van der Waals surface area contributed by atoms with Crippen LogP contribution in [0.3, 0.4) is 0 Å². The van der Waals surface area contributed by atoms with Crippen LogP contribution in [0.15, 0.2) is 48.5 Å². The van der Waals surface area contributed by atoms with Crippen molar-refractivity contribution in [3.05, 3.63) is 71.3 Å². The van der Waals surface area contributed by atoms with Gasteiger partial charge in [-0.3, -0.25) is 9.80 Å². The number of methoxy groups -OCH3 is 1. The molecule has 0 saturated carbocycles. The van der Waals surface area contributed by atoms with Crippen molar-refractivity contribution >= 4 is 0 Å². The van der Waals surface area contributed by atoms with E-state index in [-0.39, 0.29) is 11.9 Å². The van der Waals surface area contributed by atoms with Gasteiger partial charge in [-0.15, -0.1) is 5.10 Å². The molecule has 0 spiro atoms. The van der Waals surface area contributed by atoms with Crippen molar-refractivity contribution in [1.82, 2.24) is 30.0 Å². The fourth-order valence-electron chi connectivity index (χ4n) is 4.46. The number of para-hydroxylation sites is 1. The second kappa shape index (κ2) is 10.2. The van der Waals surface area contributed by atoms with Crippen molar-refractivity contribution in [2.45, 2.75) is 33.0 Å². The van der Waals surface area contributed by atoms with Crippen LogP contribution in [0.1, 0.15) is 36.8 Å². The third-order valence-electron chi connectivity index (χ3n) is 6.09. The van der Waals surface area contributed by atoms with Gasteiger partial charge in [0.25, 0.3) is 0 Å². The molecule has 0 amide bonds. The van der Waals surface area contributed by atoms with Gasteiger partial charge in [0.05, 0.1) is 19.7 Å². The first-order chi connectivity index (χ1) is 15.5.